The first-order chi connectivity index (χ1) is 6.20. The van der Waals surface area contributed by atoms with Crippen LogP contribution >= 0.6 is 0 Å². The van der Waals surface area contributed by atoms with Crippen molar-refractivity contribution >= 4 is 5.91 Å². The number of nitrogens with one attached hydrogen (secondary N) is 1. The maximum Gasteiger partial charge on any atom is 0.288 e. The number of carbonyl (C=O) groups excluding carboxylic acids is 1. The van der Waals surface area contributed by atoms with Gasteiger partial charge in [0.2, 0.25) is 5.76 Å². The second-order valence-corrected chi connectivity index (χ2v) is 2.92. The zero-order valence-corrected chi connectivity index (χ0v) is 7.78. The third-order valence-electron chi connectivity index (χ3n) is 1.50. The second-order valence-electron chi connectivity index (χ2n) is 2.92. The number of nitrogens with zero attached hydrogens (tertiary/aromatic N) is 2. The van der Waals surface area contributed by atoms with Gasteiger partial charge in [-0.3, -0.25) is 4.79 Å². The van der Waals surface area contributed by atoms with E-state index >= 15 is 0 Å². The molecule has 13 heavy (non-hydrogen) atoms. The van der Waals surface area contributed by atoms with E-state index in [0.717, 1.165) is 6.54 Å². The van der Waals surface area contributed by atoms with E-state index in [1.54, 1.807) is 0 Å². The molecule has 0 aliphatic carbocycles. The lowest BCUT2D eigenvalue weighted by Crippen LogP contribution is -2.31. The fourth-order valence-corrected chi connectivity index (χ4v) is 0.808. The molecule has 1 aromatic rings. The van der Waals surface area contributed by atoms with Gasteiger partial charge in [-0.1, -0.05) is 0 Å². The van der Waals surface area contributed by atoms with Gasteiger partial charge in [0, 0.05) is 13.1 Å². The maximum atomic E-state index is 11.2. The fraction of sp³-hybridized carbons (Fsp3) is 0.500. The molecule has 1 N–H and O–H groups in total. The predicted molar refractivity (Wildman–Crippen MR) is 47.4 cm³/mol. The Morgan fingerprint density at radius 3 is 3.00 bits per heavy atom. The number of carbonyl (C=O) groups is 1. The largest absolute Gasteiger partial charge is 0.438 e. The highest BCUT2D eigenvalue weighted by Crippen LogP contribution is 1.94. The quantitative estimate of drug-likeness (QED) is 0.712. The van der Waals surface area contributed by atoms with Gasteiger partial charge in [0.05, 0.1) is 6.20 Å². The number of rotatable bonds is 4. The monoisotopic (exact) mass is 183 g/mol. The minimum Gasteiger partial charge on any atom is -0.438 e. The van der Waals surface area contributed by atoms with Crippen LogP contribution in [0.3, 0.4) is 0 Å². The van der Waals surface area contributed by atoms with Crippen molar-refractivity contribution < 1.29 is 9.21 Å². The summed E-state index contributed by atoms with van der Waals surface area (Å²) in [5.41, 5.74) is 0. The van der Waals surface area contributed by atoms with E-state index in [9.17, 15) is 4.79 Å². The smallest absolute Gasteiger partial charge is 0.288 e. The molecule has 5 nitrogen and oxygen atoms in total. The molecule has 0 bridgehead atoms. The lowest BCUT2D eigenvalue weighted by Gasteiger charge is -2.08. The predicted octanol–water partition coefficient (Wildman–Crippen LogP) is -0.0340. The summed E-state index contributed by atoms with van der Waals surface area (Å²) < 4.78 is 4.82. The summed E-state index contributed by atoms with van der Waals surface area (Å²) in [4.78, 5) is 16.9. The number of amides is 1. The van der Waals surface area contributed by atoms with E-state index in [2.05, 4.69) is 10.3 Å². The SMILES string of the molecule is CN(C)CCNC(=O)c1cnco1. The molecule has 0 spiro atoms. The number of hydrogen-bond donors (Lipinski definition) is 1. The molecular weight excluding hydrogens is 170 g/mol. The van der Waals surface area contributed by atoms with Crippen molar-refractivity contribution in [2.75, 3.05) is 27.2 Å². The van der Waals surface area contributed by atoms with E-state index in [0.29, 0.717) is 6.54 Å². The number of hydrogen-bond acceptors (Lipinski definition) is 4. The van der Waals surface area contributed by atoms with Crippen molar-refractivity contribution in [3.8, 4) is 0 Å². The molecule has 0 saturated heterocycles. The van der Waals surface area contributed by atoms with Crippen LogP contribution in [-0.4, -0.2) is 43.0 Å². The highest BCUT2D eigenvalue weighted by Gasteiger charge is 2.07. The van der Waals surface area contributed by atoms with E-state index in [4.69, 9.17) is 4.42 Å². The van der Waals surface area contributed by atoms with Crippen molar-refractivity contribution in [3.63, 3.8) is 0 Å². The molecule has 1 rings (SSSR count). The molecule has 1 aromatic heterocycles. The summed E-state index contributed by atoms with van der Waals surface area (Å²) in [7, 11) is 3.89. The van der Waals surface area contributed by atoms with Crippen LogP contribution in [0.25, 0.3) is 0 Å². The normalized spacial score (nSPS) is 10.4. The van der Waals surface area contributed by atoms with Gasteiger partial charge in [-0.15, -0.1) is 0 Å². The second kappa shape index (κ2) is 4.61. The van der Waals surface area contributed by atoms with Crippen LogP contribution in [0.2, 0.25) is 0 Å². The van der Waals surface area contributed by atoms with Gasteiger partial charge in [0.15, 0.2) is 6.39 Å². The molecule has 5 heteroatoms. The summed E-state index contributed by atoms with van der Waals surface area (Å²) in [6.07, 6.45) is 2.63. The molecule has 0 radical (unpaired) electrons. The van der Waals surface area contributed by atoms with E-state index in [1.807, 2.05) is 19.0 Å². The summed E-state index contributed by atoms with van der Waals surface area (Å²) >= 11 is 0. The van der Waals surface area contributed by atoms with Crippen molar-refractivity contribution in [1.29, 1.82) is 0 Å². The van der Waals surface area contributed by atoms with Crippen molar-refractivity contribution in [2.24, 2.45) is 0 Å². The number of oxazole rings is 1. The Morgan fingerprint density at radius 2 is 2.46 bits per heavy atom. The van der Waals surface area contributed by atoms with Crippen LogP contribution in [-0.2, 0) is 0 Å². The number of likely N-dealkylation sites (N-methyl/N-ethyl adjacent to an activating group) is 1. The molecule has 72 valence electrons. The van der Waals surface area contributed by atoms with Gasteiger partial charge in [-0.25, -0.2) is 4.98 Å². The molecule has 1 heterocycles. The summed E-state index contributed by atoms with van der Waals surface area (Å²) in [5, 5.41) is 2.70. The molecule has 0 aromatic carbocycles. The molecule has 0 aliphatic heterocycles. The number of aromatic nitrogens is 1. The molecular formula is C8H13N3O2. The van der Waals surface area contributed by atoms with Crippen LogP contribution < -0.4 is 5.32 Å². The van der Waals surface area contributed by atoms with Crippen LogP contribution in [0.1, 0.15) is 10.6 Å². The average Bonchev–Trinajstić information content (AvgIpc) is 2.55. The standard InChI is InChI=1S/C8H13N3O2/c1-11(2)4-3-10-8(12)7-5-9-6-13-7/h5-6H,3-4H2,1-2H3,(H,10,12). The van der Waals surface area contributed by atoms with Gasteiger partial charge >= 0.3 is 0 Å². The van der Waals surface area contributed by atoms with E-state index in [-0.39, 0.29) is 11.7 Å². The summed E-state index contributed by atoms with van der Waals surface area (Å²) in [5.74, 6) is 0.0260. The first-order valence-electron chi connectivity index (χ1n) is 4.01. The minimum atomic E-state index is -0.223. The molecule has 1 amide bonds. The average molecular weight is 183 g/mol. The molecule has 0 fully saturated rings. The lowest BCUT2D eigenvalue weighted by molar-refractivity contribution is 0.0923. The first-order valence-corrected chi connectivity index (χ1v) is 4.01. The van der Waals surface area contributed by atoms with Crippen LogP contribution in [0.4, 0.5) is 0 Å². The summed E-state index contributed by atoms with van der Waals surface area (Å²) in [6, 6.07) is 0. The Bertz CT molecular complexity index is 256. The van der Waals surface area contributed by atoms with Gasteiger partial charge in [0.1, 0.15) is 0 Å². The fourth-order valence-electron chi connectivity index (χ4n) is 0.808. The van der Waals surface area contributed by atoms with Crippen molar-refractivity contribution in [3.05, 3.63) is 18.4 Å². The molecule has 0 atom stereocenters. The summed E-state index contributed by atoms with van der Waals surface area (Å²) in [6.45, 7) is 1.41. The Balaban J connectivity index is 2.27. The third kappa shape index (κ3) is 3.25. The van der Waals surface area contributed by atoms with Crippen LogP contribution in [0, 0.1) is 0 Å². The van der Waals surface area contributed by atoms with Crippen LogP contribution in [0.5, 0.6) is 0 Å². The van der Waals surface area contributed by atoms with Crippen molar-refractivity contribution in [1.82, 2.24) is 15.2 Å². The Labute approximate surface area is 76.7 Å². The third-order valence-corrected chi connectivity index (χ3v) is 1.50. The topological polar surface area (TPSA) is 58.4 Å². The Hall–Kier alpha value is -1.36. The Kier molecular flexibility index (Phi) is 3.45. The lowest BCUT2D eigenvalue weighted by atomic mass is 10.4. The van der Waals surface area contributed by atoms with Gasteiger partial charge < -0.3 is 14.6 Å². The first kappa shape index (κ1) is 9.73. The molecule has 0 unspecified atom stereocenters. The molecule has 0 saturated carbocycles. The maximum absolute atomic E-state index is 11.2. The highest BCUT2D eigenvalue weighted by atomic mass is 16.3. The zero-order chi connectivity index (χ0) is 9.68. The van der Waals surface area contributed by atoms with Gasteiger partial charge in [-0.2, -0.15) is 0 Å². The van der Waals surface area contributed by atoms with E-state index < -0.39 is 0 Å². The Morgan fingerprint density at radius 1 is 1.69 bits per heavy atom. The van der Waals surface area contributed by atoms with Crippen LogP contribution in [0.15, 0.2) is 17.0 Å². The zero-order valence-electron chi connectivity index (χ0n) is 7.78. The molecule has 0 aliphatic rings. The highest BCUT2D eigenvalue weighted by molar-refractivity contribution is 5.90. The van der Waals surface area contributed by atoms with Gasteiger partial charge in [0.25, 0.3) is 5.91 Å². The van der Waals surface area contributed by atoms with E-state index in [1.165, 1.54) is 12.6 Å². The van der Waals surface area contributed by atoms with Crippen molar-refractivity contribution in [2.45, 2.75) is 0 Å². The minimum absolute atomic E-state index is 0.223. The van der Waals surface area contributed by atoms with Gasteiger partial charge in [-0.05, 0) is 14.1 Å².